The molecule has 3 heterocycles. The molecule has 8 nitrogen and oxygen atoms in total. The Morgan fingerprint density at radius 2 is 1.97 bits per heavy atom. The predicted molar refractivity (Wildman–Crippen MR) is 120 cm³/mol. The molecular formula is C24H25N5O3. The van der Waals surface area contributed by atoms with Gasteiger partial charge in [-0.1, -0.05) is 6.07 Å². The van der Waals surface area contributed by atoms with Crippen LogP contribution in [0.15, 0.2) is 55.1 Å². The predicted octanol–water partition coefficient (Wildman–Crippen LogP) is 4.07. The van der Waals surface area contributed by atoms with E-state index in [1.54, 1.807) is 41.8 Å². The largest absolute Gasteiger partial charge is 0.447 e. The van der Waals surface area contributed by atoms with Crippen LogP contribution in [-0.4, -0.2) is 39.1 Å². The first-order valence-electron chi connectivity index (χ1n) is 10.4. The molecule has 32 heavy (non-hydrogen) atoms. The fourth-order valence-electron chi connectivity index (χ4n) is 3.62. The molecule has 1 aromatic carbocycles. The maximum Gasteiger partial charge on any atom is 0.414 e. The maximum atomic E-state index is 13.2. The van der Waals surface area contributed by atoms with Gasteiger partial charge in [0, 0.05) is 35.4 Å². The summed E-state index contributed by atoms with van der Waals surface area (Å²) in [4.78, 5) is 40.0. The molecule has 164 valence electrons. The summed E-state index contributed by atoms with van der Waals surface area (Å²) in [5.74, 6) is -0.288. The van der Waals surface area contributed by atoms with Crippen LogP contribution >= 0.6 is 0 Å². The van der Waals surface area contributed by atoms with Crippen LogP contribution in [0, 0.1) is 6.92 Å². The molecule has 1 N–H and O–H groups in total. The second-order valence-electron chi connectivity index (χ2n) is 8.52. The monoisotopic (exact) mass is 431 g/mol. The highest BCUT2D eigenvalue weighted by Crippen LogP contribution is 2.34. The molecule has 1 aliphatic rings. The van der Waals surface area contributed by atoms with E-state index >= 15 is 0 Å². The minimum absolute atomic E-state index is 0.268. The van der Waals surface area contributed by atoms with Crippen LogP contribution in [0.4, 0.5) is 10.5 Å². The Kier molecular flexibility index (Phi) is 5.61. The van der Waals surface area contributed by atoms with Gasteiger partial charge in [-0.3, -0.25) is 24.6 Å². The molecule has 2 amide bonds. The van der Waals surface area contributed by atoms with Crippen LogP contribution in [0.1, 0.15) is 48.4 Å². The molecular weight excluding hydrogens is 406 g/mol. The number of rotatable bonds is 5. The number of carbonyl (C=O) groups excluding carboxylic acids is 2. The Balaban J connectivity index is 1.74. The summed E-state index contributed by atoms with van der Waals surface area (Å²) in [6.45, 7) is 7.91. The molecule has 8 heteroatoms. The molecule has 0 bridgehead atoms. The van der Waals surface area contributed by atoms with Gasteiger partial charge in [-0.05, 0) is 57.5 Å². The van der Waals surface area contributed by atoms with Crippen molar-refractivity contribution in [1.29, 1.82) is 0 Å². The van der Waals surface area contributed by atoms with Crippen molar-refractivity contribution in [1.82, 2.24) is 20.3 Å². The smallest absolute Gasteiger partial charge is 0.414 e. The van der Waals surface area contributed by atoms with Gasteiger partial charge in [-0.15, -0.1) is 0 Å². The highest BCUT2D eigenvalue weighted by Gasteiger charge is 2.41. The van der Waals surface area contributed by atoms with Crippen LogP contribution in [-0.2, 0) is 4.74 Å². The van der Waals surface area contributed by atoms with Gasteiger partial charge in [-0.2, -0.15) is 0 Å². The number of aromatic nitrogens is 3. The van der Waals surface area contributed by atoms with Crippen LogP contribution in [0.25, 0.3) is 11.3 Å². The van der Waals surface area contributed by atoms with E-state index in [9.17, 15) is 9.59 Å². The van der Waals surface area contributed by atoms with E-state index in [1.807, 2.05) is 45.9 Å². The van der Waals surface area contributed by atoms with Gasteiger partial charge in [0.2, 0.25) is 0 Å². The van der Waals surface area contributed by atoms with E-state index in [4.69, 9.17) is 4.74 Å². The van der Waals surface area contributed by atoms with E-state index in [0.29, 0.717) is 22.6 Å². The summed E-state index contributed by atoms with van der Waals surface area (Å²) < 4.78 is 5.27. The second kappa shape index (κ2) is 8.37. The number of amides is 2. The Bertz CT molecular complexity index is 1150. The average molecular weight is 431 g/mol. The maximum absolute atomic E-state index is 13.2. The molecule has 0 saturated carbocycles. The summed E-state index contributed by atoms with van der Waals surface area (Å²) in [7, 11) is 0. The number of hydrogen-bond donors (Lipinski definition) is 1. The van der Waals surface area contributed by atoms with E-state index in [-0.39, 0.29) is 18.6 Å². The lowest BCUT2D eigenvalue weighted by molar-refractivity contribution is 0.0939. The summed E-state index contributed by atoms with van der Waals surface area (Å²) in [6.07, 6.45) is 6.11. The van der Waals surface area contributed by atoms with Gasteiger partial charge in [-0.25, -0.2) is 4.79 Å². The van der Waals surface area contributed by atoms with Gasteiger partial charge in [0.05, 0.1) is 29.2 Å². The molecule has 0 spiro atoms. The van der Waals surface area contributed by atoms with E-state index in [2.05, 4.69) is 20.3 Å². The van der Waals surface area contributed by atoms with E-state index < -0.39 is 11.6 Å². The Morgan fingerprint density at radius 1 is 1.16 bits per heavy atom. The zero-order chi connectivity index (χ0) is 22.9. The first-order chi connectivity index (χ1) is 15.2. The number of pyridine rings is 1. The molecule has 1 atom stereocenters. The Hall–Kier alpha value is -3.81. The number of anilines is 1. The quantitative estimate of drug-likeness (QED) is 0.654. The van der Waals surface area contributed by atoms with Crippen molar-refractivity contribution < 1.29 is 14.3 Å². The number of hydrogen-bond acceptors (Lipinski definition) is 6. The third kappa shape index (κ3) is 4.30. The highest BCUT2D eigenvalue weighted by atomic mass is 16.6. The van der Waals surface area contributed by atoms with Crippen molar-refractivity contribution in [2.75, 3.05) is 11.5 Å². The van der Waals surface area contributed by atoms with Crippen LogP contribution in [0.2, 0.25) is 0 Å². The van der Waals surface area contributed by atoms with Crippen molar-refractivity contribution in [2.24, 2.45) is 0 Å². The first kappa shape index (κ1) is 21.4. The number of ether oxygens (including phenoxy) is 1. The van der Waals surface area contributed by atoms with Crippen molar-refractivity contribution in [3.8, 4) is 11.3 Å². The average Bonchev–Trinajstić information content (AvgIpc) is 3.06. The molecule has 0 radical (unpaired) electrons. The summed E-state index contributed by atoms with van der Waals surface area (Å²) in [6, 6.07) is 8.84. The van der Waals surface area contributed by atoms with Gasteiger partial charge in [0.15, 0.2) is 0 Å². The minimum atomic E-state index is -0.545. The minimum Gasteiger partial charge on any atom is -0.447 e. The highest BCUT2D eigenvalue weighted by molar-refractivity contribution is 5.99. The third-order valence-corrected chi connectivity index (χ3v) is 5.36. The van der Waals surface area contributed by atoms with Crippen molar-refractivity contribution in [3.63, 3.8) is 0 Å². The number of nitrogens with one attached hydrogen (secondary N) is 1. The zero-order valence-corrected chi connectivity index (χ0v) is 18.5. The van der Waals surface area contributed by atoms with E-state index in [1.165, 1.54) is 0 Å². The molecule has 3 aromatic rings. The lowest BCUT2D eigenvalue weighted by Gasteiger charge is -2.28. The number of carbonyl (C=O) groups is 2. The van der Waals surface area contributed by atoms with Crippen LogP contribution in [0.5, 0.6) is 0 Å². The molecule has 1 fully saturated rings. The molecule has 4 rings (SSSR count). The van der Waals surface area contributed by atoms with Gasteiger partial charge in [0.1, 0.15) is 6.61 Å². The van der Waals surface area contributed by atoms with Crippen molar-refractivity contribution >= 4 is 17.7 Å². The molecule has 1 unspecified atom stereocenters. The van der Waals surface area contributed by atoms with Crippen LogP contribution in [0.3, 0.4) is 0 Å². The molecule has 2 aromatic heterocycles. The SMILES string of the molecule is Cc1ccc(-c2cc(C(=O)NC(C)c3cnccn3)cc(N3C(=O)OCC3(C)C)c2)nc1. The van der Waals surface area contributed by atoms with Crippen molar-refractivity contribution in [2.45, 2.75) is 39.3 Å². The van der Waals surface area contributed by atoms with Gasteiger partial charge in [0.25, 0.3) is 5.91 Å². The number of aryl methyl sites for hydroxylation is 1. The topological polar surface area (TPSA) is 97.3 Å². The fraction of sp³-hybridized carbons (Fsp3) is 0.292. The number of cyclic esters (lactones) is 1. The lowest BCUT2D eigenvalue weighted by atomic mass is 10.0. The van der Waals surface area contributed by atoms with Crippen molar-refractivity contribution in [3.05, 3.63) is 71.9 Å². The summed E-state index contributed by atoms with van der Waals surface area (Å²) in [5.41, 5.74) is 3.57. The van der Waals surface area contributed by atoms with Crippen LogP contribution < -0.4 is 10.2 Å². The van der Waals surface area contributed by atoms with E-state index in [0.717, 1.165) is 11.1 Å². The second-order valence-corrected chi connectivity index (χ2v) is 8.52. The van der Waals surface area contributed by atoms with Gasteiger partial charge >= 0.3 is 6.09 Å². The zero-order valence-electron chi connectivity index (χ0n) is 18.5. The summed E-state index contributed by atoms with van der Waals surface area (Å²) in [5, 5.41) is 2.95. The Labute approximate surface area is 186 Å². The lowest BCUT2D eigenvalue weighted by Crippen LogP contribution is -2.42. The number of nitrogens with zero attached hydrogens (tertiary/aromatic N) is 4. The standard InChI is InChI=1S/C24H25N5O3/c1-15-5-6-20(27-12-15)17-9-18(22(30)28-16(2)21-13-25-7-8-26-21)11-19(10-17)29-23(31)32-14-24(29,3)4/h5-13,16H,14H2,1-4H3,(H,28,30). The fourth-order valence-corrected chi connectivity index (χ4v) is 3.62. The Morgan fingerprint density at radius 3 is 2.59 bits per heavy atom. The third-order valence-electron chi connectivity index (χ3n) is 5.36. The van der Waals surface area contributed by atoms with Gasteiger partial charge < -0.3 is 10.1 Å². The molecule has 0 aliphatic carbocycles. The first-order valence-corrected chi connectivity index (χ1v) is 10.4. The number of benzene rings is 1. The summed E-state index contributed by atoms with van der Waals surface area (Å²) >= 11 is 0. The normalized spacial score (nSPS) is 15.9. The molecule has 1 saturated heterocycles. The molecule has 1 aliphatic heterocycles.